The molecule has 0 radical (unpaired) electrons. The number of benzene rings is 1. The summed E-state index contributed by atoms with van der Waals surface area (Å²) in [7, 11) is 0. The Morgan fingerprint density at radius 2 is 1.83 bits per heavy atom. The summed E-state index contributed by atoms with van der Waals surface area (Å²) in [6, 6.07) is 8.03. The maximum absolute atomic E-state index is 13.3. The zero-order valence-electron chi connectivity index (χ0n) is 14.5. The highest BCUT2D eigenvalue weighted by atomic mass is 19.1. The Bertz CT molecular complexity index is 482. The lowest BCUT2D eigenvalue weighted by molar-refractivity contribution is 0.0725. The predicted molar refractivity (Wildman–Crippen MR) is 93.0 cm³/mol. The lowest BCUT2D eigenvalue weighted by Gasteiger charge is -2.43. The minimum absolute atomic E-state index is 0.146. The number of hydrogen-bond acceptors (Lipinski definition) is 3. The van der Waals surface area contributed by atoms with Gasteiger partial charge in [0.15, 0.2) is 0 Å². The van der Waals surface area contributed by atoms with Crippen molar-refractivity contribution in [2.24, 2.45) is 5.92 Å². The highest BCUT2D eigenvalue weighted by Crippen LogP contribution is 2.27. The molecule has 0 amide bonds. The average Bonchev–Trinajstić information content (AvgIpc) is 2.56. The molecule has 0 saturated carbocycles. The lowest BCUT2D eigenvalue weighted by Crippen LogP contribution is -2.53. The zero-order chi connectivity index (χ0) is 16.2. The van der Waals surface area contributed by atoms with E-state index >= 15 is 0 Å². The van der Waals surface area contributed by atoms with Crippen molar-refractivity contribution in [1.29, 1.82) is 0 Å². The van der Waals surface area contributed by atoms with Crippen molar-refractivity contribution < 1.29 is 4.39 Å². The molecule has 2 aliphatic rings. The van der Waals surface area contributed by atoms with Crippen LogP contribution < -0.4 is 5.32 Å². The monoisotopic (exact) mass is 319 g/mol. The molecule has 2 fully saturated rings. The van der Waals surface area contributed by atoms with E-state index in [1.54, 1.807) is 12.1 Å². The van der Waals surface area contributed by atoms with Gasteiger partial charge in [-0.15, -0.1) is 0 Å². The standard InChI is InChI=1S/C19H30FN3/c1-15-7-10-22(11-8-15)14-19(17-3-5-18(20)6-4-17)23-12-9-21-13-16(23)2/h3-6,15-16,19,21H,7-14H2,1-2H3. The first kappa shape index (κ1) is 16.9. The fourth-order valence-corrected chi connectivity index (χ4v) is 3.90. The van der Waals surface area contributed by atoms with Crippen LogP contribution in [0, 0.1) is 11.7 Å². The number of nitrogens with one attached hydrogen (secondary N) is 1. The fourth-order valence-electron chi connectivity index (χ4n) is 3.90. The fraction of sp³-hybridized carbons (Fsp3) is 0.684. The Morgan fingerprint density at radius 1 is 1.13 bits per heavy atom. The van der Waals surface area contributed by atoms with Gasteiger partial charge in [0, 0.05) is 38.3 Å². The minimum atomic E-state index is -0.146. The van der Waals surface area contributed by atoms with Crippen molar-refractivity contribution >= 4 is 0 Å². The van der Waals surface area contributed by atoms with Gasteiger partial charge in [0.1, 0.15) is 5.82 Å². The quantitative estimate of drug-likeness (QED) is 0.920. The van der Waals surface area contributed by atoms with Gasteiger partial charge in [0.2, 0.25) is 0 Å². The van der Waals surface area contributed by atoms with Gasteiger partial charge in [-0.05, 0) is 56.5 Å². The van der Waals surface area contributed by atoms with Crippen LogP contribution in [0.25, 0.3) is 0 Å². The number of rotatable bonds is 4. The summed E-state index contributed by atoms with van der Waals surface area (Å²) in [5, 5.41) is 3.47. The third-order valence-corrected chi connectivity index (χ3v) is 5.52. The van der Waals surface area contributed by atoms with E-state index in [0.29, 0.717) is 12.1 Å². The molecule has 4 heteroatoms. The highest BCUT2D eigenvalue weighted by molar-refractivity contribution is 5.21. The molecule has 2 aliphatic heterocycles. The number of nitrogens with zero attached hydrogens (tertiary/aromatic N) is 2. The first-order valence-electron chi connectivity index (χ1n) is 9.08. The minimum Gasteiger partial charge on any atom is -0.314 e. The van der Waals surface area contributed by atoms with E-state index in [2.05, 4.69) is 29.0 Å². The SMILES string of the molecule is CC1CCN(CC(c2ccc(F)cc2)N2CCNCC2C)CC1. The van der Waals surface area contributed by atoms with Crippen molar-refractivity contribution in [2.45, 2.75) is 38.8 Å². The smallest absolute Gasteiger partial charge is 0.123 e. The van der Waals surface area contributed by atoms with Crippen molar-refractivity contribution in [1.82, 2.24) is 15.1 Å². The van der Waals surface area contributed by atoms with Crippen LogP contribution in [0.15, 0.2) is 24.3 Å². The molecule has 3 nitrogen and oxygen atoms in total. The highest BCUT2D eigenvalue weighted by Gasteiger charge is 2.29. The van der Waals surface area contributed by atoms with Gasteiger partial charge in [0.25, 0.3) is 0 Å². The Kier molecular flexibility index (Phi) is 5.67. The molecular formula is C19H30FN3. The van der Waals surface area contributed by atoms with E-state index in [9.17, 15) is 4.39 Å². The van der Waals surface area contributed by atoms with Crippen LogP contribution in [0.2, 0.25) is 0 Å². The summed E-state index contributed by atoms with van der Waals surface area (Å²) in [6.07, 6.45) is 2.60. The first-order chi connectivity index (χ1) is 11.1. The van der Waals surface area contributed by atoms with Crippen LogP contribution in [0.3, 0.4) is 0 Å². The second-order valence-electron chi connectivity index (χ2n) is 7.34. The number of likely N-dealkylation sites (tertiary alicyclic amines) is 1. The molecule has 128 valence electrons. The average molecular weight is 319 g/mol. The van der Waals surface area contributed by atoms with Gasteiger partial charge in [-0.3, -0.25) is 4.90 Å². The van der Waals surface area contributed by atoms with Gasteiger partial charge < -0.3 is 10.2 Å². The van der Waals surface area contributed by atoms with E-state index in [1.165, 1.54) is 31.5 Å². The molecule has 2 heterocycles. The largest absolute Gasteiger partial charge is 0.314 e. The second-order valence-corrected chi connectivity index (χ2v) is 7.34. The zero-order valence-corrected chi connectivity index (χ0v) is 14.5. The lowest BCUT2D eigenvalue weighted by atomic mass is 9.96. The van der Waals surface area contributed by atoms with Crippen molar-refractivity contribution in [3.63, 3.8) is 0 Å². The second kappa shape index (κ2) is 7.73. The summed E-state index contributed by atoms with van der Waals surface area (Å²) >= 11 is 0. The van der Waals surface area contributed by atoms with E-state index < -0.39 is 0 Å². The molecule has 0 spiro atoms. The van der Waals surface area contributed by atoms with Crippen LogP contribution in [0.1, 0.15) is 38.3 Å². The third kappa shape index (κ3) is 4.31. The molecule has 2 unspecified atom stereocenters. The number of piperidine rings is 1. The topological polar surface area (TPSA) is 18.5 Å². The summed E-state index contributed by atoms with van der Waals surface area (Å²) in [5.74, 6) is 0.710. The Hall–Kier alpha value is -0.970. The summed E-state index contributed by atoms with van der Waals surface area (Å²) in [6.45, 7) is 11.2. The number of piperazine rings is 1. The van der Waals surface area contributed by atoms with Crippen molar-refractivity contribution in [3.05, 3.63) is 35.6 Å². The van der Waals surface area contributed by atoms with Gasteiger partial charge in [-0.25, -0.2) is 4.39 Å². The maximum atomic E-state index is 13.3. The molecule has 0 bridgehead atoms. The molecule has 0 aliphatic carbocycles. The summed E-state index contributed by atoms with van der Waals surface area (Å²) < 4.78 is 13.3. The summed E-state index contributed by atoms with van der Waals surface area (Å²) in [4.78, 5) is 5.20. The van der Waals surface area contributed by atoms with Crippen LogP contribution in [-0.2, 0) is 0 Å². The van der Waals surface area contributed by atoms with Crippen LogP contribution in [0.4, 0.5) is 4.39 Å². The first-order valence-corrected chi connectivity index (χ1v) is 9.08. The van der Waals surface area contributed by atoms with E-state index in [4.69, 9.17) is 0 Å². The molecule has 23 heavy (non-hydrogen) atoms. The molecule has 2 atom stereocenters. The van der Waals surface area contributed by atoms with Gasteiger partial charge in [-0.2, -0.15) is 0 Å². The van der Waals surface area contributed by atoms with Crippen LogP contribution in [-0.4, -0.2) is 55.1 Å². The van der Waals surface area contributed by atoms with Gasteiger partial charge in [0.05, 0.1) is 0 Å². The van der Waals surface area contributed by atoms with Crippen molar-refractivity contribution in [3.8, 4) is 0 Å². The maximum Gasteiger partial charge on any atom is 0.123 e. The predicted octanol–water partition coefficient (Wildman–Crippen LogP) is 2.89. The Labute approximate surface area is 139 Å². The molecule has 2 saturated heterocycles. The van der Waals surface area contributed by atoms with Crippen LogP contribution in [0.5, 0.6) is 0 Å². The Morgan fingerprint density at radius 3 is 2.48 bits per heavy atom. The molecule has 3 rings (SSSR count). The molecule has 1 N–H and O–H groups in total. The molecular weight excluding hydrogens is 289 g/mol. The van der Waals surface area contributed by atoms with Crippen molar-refractivity contribution in [2.75, 3.05) is 39.3 Å². The Balaban J connectivity index is 1.76. The van der Waals surface area contributed by atoms with E-state index in [-0.39, 0.29) is 5.82 Å². The number of hydrogen-bond donors (Lipinski definition) is 1. The normalized spacial score (nSPS) is 26.3. The van der Waals surface area contributed by atoms with E-state index in [0.717, 1.165) is 32.1 Å². The van der Waals surface area contributed by atoms with Crippen LogP contribution >= 0.6 is 0 Å². The van der Waals surface area contributed by atoms with E-state index in [1.807, 2.05) is 12.1 Å². The molecule has 0 aromatic heterocycles. The summed E-state index contributed by atoms with van der Waals surface area (Å²) in [5.41, 5.74) is 1.25. The number of halogens is 1. The third-order valence-electron chi connectivity index (χ3n) is 5.52. The van der Waals surface area contributed by atoms with Gasteiger partial charge in [-0.1, -0.05) is 19.1 Å². The molecule has 1 aromatic rings. The molecule has 1 aromatic carbocycles. The van der Waals surface area contributed by atoms with Gasteiger partial charge >= 0.3 is 0 Å².